The third-order valence-corrected chi connectivity index (χ3v) is 2.50. The zero-order chi connectivity index (χ0) is 9.73. The minimum atomic E-state index is -0.576. The molecule has 1 aliphatic heterocycles. The maximum atomic E-state index is 11.6. The van der Waals surface area contributed by atoms with Crippen molar-refractivity contribution in [1.82, 2.24) is 0 Å². The van der Waals surface area contributed by atoms with E-state index >= 15 is 0 Å². The van der Waals surface area contributed by atoms with Crippen molar-refractivity contribution in [3.63, 3.8) is 0 Å². The lowest BCUT2D eigenvalue weighted by atomic mass is 9.92. The summed E-state index contributed by atoms with van der Waals surface area (Å²) in [5.41, 5.74) is -0.576. The molecule has 3 nitrogen and oxygen atoms in total. The molecule has 1 aliphatic rings. The van der Waals surface area contributed by atoms with E-state index in [1.165, 1.54) is 0 Å². The molecule has 0 amide bonds. The summed E-state index contributed by atoms with van der Waals surface area (Å²) < 4.78 is 10.6. The molecule has 0 aromatic rings. The molecular weight excluding hydrogens is 168 g/mol. The van der Waals surface area contributed by atoms with Crippen molar-refractivity contribution in [3.05, 3.63) is 0 Å². The van der Waals surface area contributed by atoms with E-state index in [1.54, 1.807) is 0 Å². The molecule has 0 aliphatic carbocycles. The Hall–Kier alpha value is -0.410. The van der Waals surface area contributed by atoms with Gasteiger partial charge in [0.05, 0.1) is 0 Å². The summed E-state index contributed by atoms with van der Waals surface area (Å²) in [6.07, 6.45) is 2.98. The molecule has 3 heteroatoms. The minimum absolute atomic E-state index is 0.0778. The van der Waals surface area contributed by atoms with Crippen molar-refractivity contribution in [2.75, 3.05) is 19.8 Å². The Labute approximate surface area is 79.4 Å². The van der Waals surface area contributed by atoms with Crippen molar-refractivity contribution in [3.8, 4) is 0 Å². The molecule has 0 spiro atoms. The van der Waals surface area contributed by atoms with Gasteiger partial charge in [-0.3, -0.25) is 4.79 Å². The SMILES string of the molecule is CCOCC(=O)C1(C)CCCCO1. The molecule has 0 aromatic carbocycles. The standard InChI is InChI=1S/C10H18O3/c1-3-12-8-9(11)10(2)6-4-5-7-13-10/h3-8H2,1-2H3. The summed E-state index contributed by atoms with van der Waals surface area (Å²) in [4.78, 5) is 11.6. The van der Waals surface area contributed by atoms with Gasteiger partial charge in [0.1, 0.15) is 12.2 Å². The van der Waals surface area contributed by atoms with Gasteiger partial charge in [0.15, 0.2) is 5.78 Å². The van der Waals surface area contributed by atoms with Crippen molar-refractivity contribution in [2.45, 2.75) is 38.7 Å². The third kappa shape index (κ3) is 2.78. The second kappa shape index (κ2) is 4.72. The summed E-state index contributed by atoms with van der Waals surface area (Å²) in [6, 6.07) is 0. The van der Waals surface area contributed by atoms with Gasteiger partial charge in [-0.05, 0) is 33.1 Å². The summed E-state index contributed by atoms with van der Waals surface area (Å²) in [5, 5.41) is 0. The maximum absolute atomic E-state index is 11.6. The first kappa shape index (κ1) is 10.7. The highest BCUT2D eigenvalue weighted by atomic mass is 16.5. The molecule has 1 fully saturated rings. The number of hydrogen-bond acceptors (Lipinski definition) is 3. The highest BCUT2D eigenvalue weighted by molar-refractivity contribution is 5.88. The Bertz CT molecular complexity index is 171. The van der Waals surface area contributed by atoms with Crippen LogP contribution in [-0.2, 0) is 14.3 Å². The Morgan fingerprint density at radius 3 is 2.85 bits per heavy atom. The third-order valence-electron chi connectivity index (χ3n) is 2.50. The number of rotatable bonds is 4. The summed E-state index contributed by atoms with van der Waals surface area (Å²) in [5.74, 6) is 0.0778. The van der Waals surface area contributed by atoms with Gasteiger partial charge < -0.3 is 9.47 Å². The van der Waals surface area contributed by atoms with Gasteiger partial charge in [-0.15, -0.1) is 0 Å². The first-order chi connectivity index (χ1) is 6.19. The normalized spacial score (nSPS) is 28.8. The number of carbonyl (C=O) groups excluding carboxylic acids is 1. The van der Waals surface area contributed by atoms with E-state index in [2.05, 4.69) is 0 Å². The fraction of sp³-hybridized carbons (Fsp3) is 0.900. The van der Waals surface area contributed by atoms with Crippen LogP contribution in [0.25, 0.3) is 0 Å². The van der Waals surface area contributed by atoms with E-state index in [4.69, 9.17) is 9.47 Å². The molecule has 1 heterocycles. The van der Waals surface area contributed by atoms with Crippen LogP contribution in [0.4, 0.5) is 0 Å². The Balaban J connectivity index is 2.42. The van der Waals surface area contributed by atoms with Crippen molar-refractivity contribution in [1.29, 1.82) is 0 Å². The smallest absolute Gasteiger partial charge is 0.189 e. The predicted octanol–water partition coefficient (Wildman–Crippen LogP) is 1.55. The molecule has 76 valence electrons. The lowest BCUT2D eigenvalue weighted by Crippen LogP contribution is -2.43. The van der Waals surface area contributed by atoms with Crippen LogP contribution in [0.15, 0.2) is 0 Å². The highest BCUT2D eigenvalue weighted by Crippen LogP contribution is 2.25. The van der Waals surface area contributed by atoms with E-state index in [9.17, 15) is 4.79 Å². The number of ketones is 1. The van der Waals surface area contributed by atoms with E-state index in [-0.39, 0.29) is 12.4 Å². The summed E-state index contributed by atoms with van der Waals surface area (Å²) >= 11 is 0. The van der Waals surface area contributed by atoms with Crippen molar-refractivity contribution < 1.29 is 14.3 Å². The van der Waals surface area contributed by atoms with E-state index in [0.717, 1.165) is 19.3 Å². The van der Waals surface area contributed by atoms with Crippen LogP contribution in [0.1, 0.15) is 33.1 Å². The van der Waals surface area contributed by atoms with Crippen LogP contribution in [0.5, 0.6) is 0 Å². The molecule has 0 bridgehead atoms. The summed E-state index contributed by atoms with van der Waals surface area (Å²) in [6.45, 7) is 5.23. The average Bonchev–Trinajstić information content (AvgIpc) is 2.15. The van der Waals surface area contributed by atoms with Gasteiger partial charge in [-0.25, -0.2) is 0 Å². The molecule has 0 radical (unpaired) electrons. The molecular formula is C10H18O3. The van der Waals surface area contributed by atoms with E-state index in [0.29, 0.717) is 13.2 Å². The number of carbonyl (C=O) groups is 1. The van der Waals surface area contributed by atoms with Crippen LogP contribution in [0.2, 0.25) is 0 Å². The Kier molecular flexibility index (Phi) is 3.88. The molecule has 1 unspecified atom stereocenters. The average molecular weight is 186 g/mol. The van der Waals surface area contributed by atoms with Gasteiger partial charge in [-0.1, -0.05) is 0 Å². The van der Waals surface area contributed by atoms with Gasteiger partial charge in [0.25, 0.3) is 0 Å². The molecule has 13 heavy (non-hydrogen) atoms. The molecule has 0 N–H and O–H groups in total. The molecule has 1 saturated heterocycles. The Morgan fingerprint density at radius 2 is 2.31 bits per heavy atom. The maximum Gasteiger partial charge on any atom is 0.189 e. The van der Waals surface area contributed by atoms with Crippen LogP contribution >= 0.6 is 0 Å². The molecule has 0 saturated carbocycles. The molecule has 0 aromatic heterocycles. The highest BCUT2D eigenvalue weighted by Gasteiger charge is 2.35. The van der Waals surface area contributed by atoms with Crippen molar-refractivity contribution in [2.24, 2.45) is 0 Å². The van der Waals surface area contributed by atoms with Crippen LogP contribution in [0.3, 0.4) is 0 Å². The van der Waals surface area contributed by atoms with Crippen LogP contribution in [-0.4, -0.2) is 31.2 Å². The first-order valence-electron chi connectivity index (χ1n) is 4.94. The van der Waals surface area contributed by atoms with Crippen LogP contribution < -0.4 is 0 Å². The number of Topliss-reactive ketones (excluding diaryl/α,β-unsaturated/α-hetero) is 1. The van der Waals surface area contributed by atoms with E-state index in [1.807, 2.05) is 13.8 Å². The summed E-state index contributed by atoms with van der Waals surface area (Å²) in [7, 11) is 0. The second-order valence-electron chi connectivity index (χ2n) is 3.60. The van der Waals surface area contributed by atoms with Gasteiger partial charge in [0, 0.05) is 13.2 Å². The lowest BCUT2D eigenvalue weighted by Gasteiger charge is -2.32. The zero-order valence-corrected chi connectivity index (χ0v) is 8.47. The predicted molar refractivity (Wildman–Crippen MR) is 49.7 cm³/mol. The molecule has 1 rings (SSSR count). The quantitative estimate of drug-likeness (QED) is 0.668. The lowest BCUT2D eigenvalue weighted by molar-refractivity contribution is -0.152. The van der Waals surface area contributed by atoms with E-state index < -0.39 is 5.60 Å². The fourth-order valence-electron chi connectivity index (χ4n) is 1.50. The van der Waals surface area contributed by atoms with Gasteiger partial charge in [-0.2, -0.15) is 0 Å². The first-order valence-corrected chi connectivity index (χ1v) is 4.94. The largest absolute Gasteiger partial charge is 0.374 e. The number of hydrogen-bond donors (Lipinski definition) is 0. The van der Waals surface area contributed by atoms with Crippen molar-refractivity contribution >= 4 is 5.78 Å². The number of ether oxygens (including phenoxy) is 2. The van der Waals surface area contributed by atoms with Gasteiger partial charge >= 0.3 is 0 Å². The molecule has 1 atom stereocenters. The second-order valence-corrected chi connectivity index (χ2v) is 3.60. The monoisotopic (exact) mass is 186 g/mol. The topological polar surface area (TPSA) is 35.5 Å². The minimum Gasteiger partial charge on any atom is -0.374 e. The Morgan fingerprint density at radius 1 is 1.54 bits per heavy atom. The zero-order valence-electron chi connectivity index (χ0n) is 8.47. The van der Waals surface area contributed by atoms with Gasteiger partial charge in [0.2, 0.25) is 0 Å². The van der Waals surface area contributed by atoms with Crippen LogP contribution in [0, 0.1) is 0 Å². The fourth-order valence-corrected chi connectivity index (χ4v) is 1.50.